The summed E-state index contributed by atoms with van der Waals surface area (Å²) in [6.07, 6.45) is 0. The summed E-state index contributed by atoms with van der Waals surface area (Å²) >= 11 is 1.57. The number of carbonyl (C=O) groups excluding carboxylic acids is 1. The number of nitrogens with zero attached hydrogens (tertiary/aromatic N) is 1. The summed E-state index contributed by atoms with van der Waals surface area (Å²) in [5.41, 5.74) is 2.78. The maximum atomic E-state index is 13.2. The molecule has 0 atom stereocenters. The average molecular weight is 434 g/mol. The number of aryl methyl sites for hydroxylation is 1. The number of H-pyrrole nitrogens is 1. The highest BCUT2D eigenvalue weighted by molar-refractivity contribution is 7.09. The second-order valence-electron chi connectivity index (χ2n) is 7.28. The zero-order chi connectivity index (χ0) is 21.8. The maximum Gasteiger partial charge on any atom is 0.322 e. The monoisotopic (exact) mass is 433 g/mol. The molecule has 2 amide bonds. The Morgan fingerprint density at radius 2 is 1.94 bits per heavy atom. The number of anilines is 1. The summed E-state index contributed by atoms with van der Waals surface area (Å²) < 4.78 is 5.34. The van der Waals surface area contributed by atoms with Gasteiger partial charge in [0.15, 0.2) is 0 Å². The molecule has 0 saturated heterocycles. The molecule has 2 aromatic heterocycles. The second-order valence-corrected chi connectivity index (χ2v) is 8.31. The molecule has 31 heavy (non-hydrogen) atoms. The molecular formula is C24H23N3O3S. The number of aromatic nitrogens is 1. The molecule has 158 valence electrons. The molecule has 2 heterocycles. The predicted octanol–water partition coefficient (Wildman–Crippen LogP) is 5.14. The van der Waals surface area contributed by atoms with Crippen LogP contribution in [0.15, 0.2) is 70.8 Å². The summed E-state index contributed by atoms with van der Waals surface area (Å²) in [5.74, 6) is 0.575. The van der Waals surface area contributed by atoms with Gasteiger partial charge in [-0.15, -0.1) is 11.3 Å². The van der Waals surface area contributed by atoms with E-state index in [2.05, 4.69) is 10.3 Å². The van der Waals surface area contributed by atoms with Crippen LogP contribution in [-0.2, 0) is 13.1 Å². The van der Waals surface area contributed by atoms with Gasteiger partial charge in [-0.25, -0.2) is 4.79 Å². The van der Waals surface area contributed by atoms with Crippen LogP contribution in [0.4, 0.5) is 10.5 Å². The van der Waals surface area contributed by atoms with Crippen LogP contribution in [0.2, 0.25) is 0 Å². The van der Waals surface area contributed by atoms with E-state index in [1.54, 1.807) is 35.5 Å². The first-order valence-electron chi connectivity index (χ1n) is 9.87. The van der Waals surface area contributed by atoms with Crippen molar-refractivity contribution in [3.8, 4) is 5.75 Å². The van der Waals surface area contributed by atoms with E-state index in [1.807, 2.05) is 60.8 Å². The first-order chi connectivity index (χ1) is 15.0. The first kappa shape index (κ1) is 20.7. The van der Waals surface area contributed by atoms with Crippen molar-refractivity contribution in [3.05, 3.63) is 92.4 Å². The molecule has 4 rings (SSSR count). The highest BCUT2D eigenvalue weighted by Crippen LogP contribution is 2.24. The van der Waals surface area contributed by atoms with Gasteiger partial charge in [0, 0.05) is 16.0 Å². The summed E-state index contributed by atoms with van der Waals surface area (Å²) in [5, 5.41) is 5.81. The SMILES string of the molecule is COc1ccccc1NC(=O)N(Cc1cccs1)Cc1cc2ccc(C)cc2[nH]c1=O. The van der Waals surface area contributed by atoms with Gasteiger partial charge in [0.05, 0.1) is 25.9 Å². The van der Waals surface area contributed by atoms with E-state index in [-0.39, 0.29) is 18.1 Å². The highest BCUT2D eigenvalue weighted by atomic mass is 32.1. The number of para-hydroxylation sites is 2. The Labute approximate surface area is 184 Å². The molecule has 0 aliphatic rings. The molecule has 0 radical (unpaired) electrons. The van der Waals surface area contributed by atoms with Crippen molar-refractivity contribution in [2.24, 2.45) is 0 Å². The third kappa shape index (κ3) is 4.78. The third-order valence-corrected chi connectivity index (χ3v) is 5.86. The van der Waals surface area contributed by atoms with E-state index in [0.717, 1.165) is 21.3 Å². The molecule has 6 nitrogen and oxygen atoms in total. The first-order valence-corrected chi connectivity index (χ1v) is 10.8. The minimum Gasteiger partial charge on any atom is -0.495 e. The van der Waals surface area contributed by atoms with Crippen LogP contribution in [0.1, 0.15) is 16.0 Å². The van der Waals surface area contributed by atoms with Gasteiger partial charge in [-0.1, -0.05) is 30.3 Å². The van der Waals surface area contributed by atoms with Crippen molar-refractivity contribution < 1.29 is 9.53 Å². The summed E-state index contributed by atoms with van der Waals surface area (Å²) in [6, 6.07) is 18.6. The van der Waals surface area contributed by atoms with Crippen molar-refractivity contribution in [1.29, 1.82) is 0 Å². The van der Waals surface area contributed by atoms with Crippen LogP contribution < -0.4 is 15.6 Å². The number of urea groups is 1. The number of hydrogen-bond donors (Lipinski definition) is 2. The van der Waals surface area contributed by atoms with Crippen molar-refractivity contribution >= 4 is 34.0 Å². The number of carbonyl (C=O) groups is 1. The fourth-order valence-electron chi connectivity index (χ4n) is 3.42. The second kappa shape index (κ2) is 9.06. The molecule has 2 N–H and O–H groups in total. The molecule has 0 aliphatic carbocycles. The number of thiophene rings is 1. The van der Waals surface area contributed by atoms with E-state index in [0.29, 0.717) is 23.5 Å². The lowest BCUT2D eigenvalue weighted by molar-refractivity contribution is 0.206. The molecule has 0 fully saturated rings. The van der Waals surface area contributed by atoms with Crippen molar-refractivity contribution in [2.45, 2.75) is 20.0 Å². The Kier molecular flexibility index (Phi) is 6.04. The zero-order valence-corrected chi connectivity index (χ0v) is 18.2. The van der Waals surface area contributed by atoms with Gasteiger partial charge in [-0.2, -0.15) is 0 Å². The highest BCUT2D eigenvalue weighted by Gasteiger charge is 2.19. The maximum absolute atomic E-state index is 13.2. The van der Waals surface area contributed by atoms with Gasteiger partial charge >= 0.3 is 6.03 Å². The topological polar surface area (TPSA) is 74.4 Å². The Balaban J connectivity index is 1.64. The number of aromatic amines is 1. The lowest BCUT2D eigenvalue weighted by atomic mass is 10.1. The van der Waals surface area contributed by atoms with E-state index in [9.17, 15) is 9.59 Å². The van der Waals surface area contributed by atoms with Crippen LogP contribution in [0.5, 0.6) is 5.75 Å². The number of nitrogens with one attached hydrogen (secondary N) is 2. The van der Waals surface area contributed by atoms with Gasteiger partial charge in [0.2, 0.25) is 0 Å². The molecule has 4 aromatic rings. The summed E-state index contributed by atoms with van der Waals surface area (Å²) in [4.78, 5) is 31.5. The number of amides is 2. The fraction of sp³-hybridized carbons (Fsp3) is 0.167. The minimum absolute atomic E-state index is 0.179. The number of hydrogen-bond acceptors (Lipinski definition) is 4. The largest absolute Gasteiger partial charge is 0.495 e. The van der Waals surface area contributed by atoms with Crippen LogP contribution >= 0.6 is 11.3 Å². The van der Waals surface area contributed by atoms with Gasteiger partial charge in [0.1, 0.15) is 5.75 Å². The van der Waals surface area contributed by atoms with E-state index >= 15 is 0 Å². The third-order valence-electron chi connectivity index (χ3n) is 5.00. The normalized spacial score (nSPS) is 10.8. The fourth-order valence-corrected chi connectivity index (χ4v) is 4.13. The molecule has 0 aliphatic heterocycles. The van der Waals surface area contributed by atoms with E-state index in [1.165, 1.54) is 0 Å². The Morgan fingerprint density at radius 1 is 1.10 bits per heavy atom. The number of benzene rings is 2. The van der Waals surface area contributed by atoms with Gasteiger partial charge in [-0.3, -0.25) is 4.79 Å². The molecule has 0 spiro atoms. The zero-order valence-electron chi connectivity index (χ0n) is 17.3. The standard InChI is InChI=1S/C24H23N3O3S/c1-16-9-10-17-13-18(23(28)25-21(17)12-16)14-27(15-19-6-5-11-31-19)24(29)26-20-7-3-4-8-22(20)30-2/h3-13H,14-15H2,1-2H3,(H,25,28)(H,26,29). The predicted molar refractivity (Wildman–Crippen MR) is 125 cm³/mol. The number of fused-ring (bicyclic) bond motifs is 1. The number of ether oxygens (including phenoxy) is 1. The molecule has 7 heteroatoms. The number of pyridine rings is 1. The molecule has 0 bridgehead atoms. The average Bonchev–Trinajstić information content (AvgIpc) is 3.27. The van der Waals surface area contributed by atoms with Crippen molar-refractivity contribution in [2.75, 3.05) is 12.4 Å². The molecule has 0 saturated carbocycles. The molecule has 2 aromatic carbocycles. The minimum atomic E-state index is -0.304. The Morgan fingerprint density at radius 3 is 2.71 bits per heavy atom. The quantitative estimate of drug-likeness (QED) is 0.442. The summed E-state index contributed by atoms with van der Waals surface area (Å²) in [7, 11) is 1.56. The lowest BCUT2D eigenvalue weighted by Crippen LogP contribution is -2.35. The lowest BCUT2D eigenvalue weighted by Gasteiger charge is -2.23. The van der Waals surface area contributed by atoms with E-state index < -0.39 is 0 Å². The number of methoxy groups -OCH3 is 1. The van der Waals surface area contributed by atoms with E-state index in [4.69, 9.17) is 4.74 Å². The van der Waals surface area contributed by atoms with Crippen LogP contribution in [0.25, 0.3) is 10.9 Å². The molecular weight excluding hydrogens is 410 g/mol. The van der Waals surface area contributed by atoms with Gasteiger partial charge in [-0.05, 0) is 53.6 Å². The van der Waals surface area contributed by atoms with Crippen LogP contribution in [-0.4, -0.2) is 23.0 Å². The summed E-state index contributed by atoms with van der Waals surface area (Å²) in [6.45, 7) is 2.55. The van der Waals surface area contributed by atoms with Crippen LogP contribution in [0, 0.1) is 6.92 Å². The van der Waals surface area contributed by atoms with Gasteiger partial charge < -0.3 is 19.9 Å². The Hall–Kier alpha value is -3.58. The number of rotatable bonds is 6. The molecule has 0 unspecified atom stereocenters. The smallest absolute Gasteiger partial charge is 0.322 e. The van der Waals surface area contributed by atoms with Crippen LogP contribution in [0.3, 0.4) is 0 Å². The van der Waals surface area contributed by atoms with Crippen molar-refractivity contribution in [1.82, 2.24) is 9.88 Å². The van der Waals surface area contributed by atoms with Gasteiger partial charge in [0.25, 0.3) is 5.56 Å². The van der Waals surface area contributed by atoms with Crippen molar-refractivity contribution in [3.63, 3.8) is 0 Å². The Bertz CT molecular complexity index is 1260.